The molecule has 0 bridgehead atoms. The van der Waals surface area contributed by atoms with Gasteiger partial charge in [-0.2, -0.15) is 0 Å². The van der Waals surface area contributed by atoms with E-state index < -0.39 is 21.7 Å². The van der Waals surface area contributed by atoms with E-state index in [1.165, 1.54) is 37.5 Å². The van der Waals surface area contributed by atoms with Crippen LogP contribution in [-0.2, 0) is 10.0 Å². The molecule has 0 aliphatic rings. The predicted molar refractivity (Wildman–Crippen MR) is 92.7 cm³/mol. The average Bonchev–Trinajstić information content (AvgIpc) is 2.59. The van der Waals surface area contributed by atoms with Crippen LogP contribution >= 0.6 is 0 Å². The van der Waals surface area contributed by atoms with Gasteiger partial charge in [0.15, 0.2) is 11.6 Å². The Balaban J connectivity index is 2.34. The highest BCUT2D eigenvalue weighted by atomic mass is 32.2. The Hall–Kier alpha value is -2.87. The number of carbonyl (C=O) groups is 1. The molecule has 0 radical (unpaired) electrons. The smallest absolute Gasteiger partial charge is 0.262 e. The van der Waals surface area contributed by atoms with Gasteiger partial charge < -0.3 is 10.1 Å². The fraction of sp³-hybridized carbons (Fsp3) is 0.118. The van der Waals surface area contributed by atoms with Gasteiger partial charge in [-0.3, -0.25) is 9.52 Å². The van der Waals surface area contributed by atoms with Gasteiger partial charge in [0.1, 0.15) is 0 Å². The number of amides is 1. The first kappa shape index (κ1) is 18.5. The number of carbonyl (C=O) groups excluding carboxylic acids is 1. The molecule has 0 atom stereocenters. The van der Waals surface area contributed by atoms with E-state index in [-0.39, 0.29) is 28.4 Å². The van der Waals surface area contributed by atoms with Crippen molar-refractivity contribution in [1.82, 2.24) is 5.32 Å². The molecule has 0 aromatic heterocycles. The molecule has 0 aliphatic carbocycles. The third-order valence-corrected chi connectivity index (χ3v) is 4.62. The topological polar surface area (TPSA) is 84.5 Å². The number of halogens is 1. The van der Waals surface area contributed by atoms with Crippen LogP contribution in [0.15, 0.2) is 60.0 Å². The minimum Gasteiger partial charge on any atom is -0.494 e. The molecule has 132 valence electrons. The molecule has 6 nitrogen and oxygen atoms in total. The molecule has 2 rings (SSSR count). The third kappa shape index (κ3) is 4.36. The number of nitrogens with one attached hydrogen (secondary N) is 2. The van der Waals surface area contributed by atoms with E-state index in [1.54, 1.807) is 12.1 Å². The summed E-state index contributed by atoms with van der Waals surface area (Å²) in [6.45, 7) is 3.74. The average molecular weight is 364 g/mol. The van der Waals surface area contributed by atoms with E-state index in [2.05, 4.69) is 16.6 Å². The second kappa shape index (κ2) is 7.80. The lowest BCUT2D eigenvalue weighted by atomic mass is 10.1. The lowest BCUT2D eigenvalue weighted by molar-refractivity contribution is 0.0959. The summed E-state index contributed by atoms with van der Waals surface area (Å²) in [7, 11) is -2.80. The Kier molecular flexibility index (Phi) is 5.76. The van der Waals surface area contributed by atoms with E-state index in [4.69, 9.17) is 4.74 Å². The fourth-order valence-corrected chi connectivity index (χ4v) is 3.14. The maximum atomic E-state index is 13.8. The first-order chi connectivity index (χ1) is 11.9. The molecule has 25 heavy (non-hydrogen) atoms. The van der Waals surface area contributed by atoms with Crippen LogP contribution in [0.5, 0.6) is 5.75 Å². The standard InChI is InChI=1S/C17H17FN2O4S/c1-3-10-19-17(21)13-6-4-5-7-15(13)20-25(22,23)12-8-9-16(24-2)14(18)11-12/h3-9,11,20H,1,10H2,2H3,(H,19,21). The molecule has 0 saturated heterocycles. The maximum Gasteiger partial charge on any atom is 0.262 e. The number of hydrogen-bond donors (Lipinski definition) is 2. The van der Waals surface area contributed by atoms with E-state index in [0.29, 0.717) is 0 Å². The monoisotopic (exact) mass is 364 g/mol. The summed E-state index contributed by atoms with van der Waals surface area (Å²) in [6, 6.07) is 9.38. The van der Waals surface area contributed by atoms with Crippen LogP contribution in [0, 0.1) is 5.82 Å². The van der Waals surface area contributed by atoms with Crippen LogP contribution in [0.3, 0.4) is 0 Å². The Morgan fingerprint density at radius 3 is 2.64 bits per heavy atom. The van der Waals surface area contributed by atoms with E-state index in [9.17, 15) is 17.6 Å². The first-order valence-corrected chi connectivity index (χ1v) is 8.72. The minimum absolute atomic E-state index is 0.0665. The number of para-hydroxylation sites is 1. The molecule has 0 heterocycles. The number of methoxy groups -OCH3 is 1. The Morgan fingerprint density at radius 1 is 1.28 bits per heavy atom. The first-order valence-electron chi connectivity index (χ1n) is 7.23. The van der Waals surface area contributed by atoms with Crippen molar-refractivity contribution in [2.45, 2.75) is 4.90 Å². The van der Waals surface area contributed by atoms with E-state index >= 15 is 0 Å². The molecular formula is C17H17FN2O4S. The zero-order chi connectivity index (χ0) is 18.4. The summed E-state index contributed by atoms with van der Waals surface area (Å²) in [5.74, 6) is -1.33. The SMILES string of the molecule is C=CCNC(=O)c1ccccc1NS(=O)(=O)c1ccc(OC)c(F)c1. The van der Waals surface area contributed by atoms with Crippen molar-refractivity contribution < 1.29 is 22.3 Å². The number of anilines is 1. The molecular weight excluding hydrogens is 347 g/mol. The predicted octanol–water partition coefficient (Wildman–Crippen LogP) is 2.55. The summed E-state index contributed by atoms with van der Waals surface area (Å²) in [5.41, 5.74) is 0.224. The van der Waals surface area contributed by atoms with Gasteiger partial charge in [0.2, 0.25) is 0 Å². The minimum atomic E-state index is -4.08. The summed E-state index contributed by atoms with van der Waals surface area (Å²) in [4.78, 5) is 11.8. The second-order valence-corrected chi connectivity index (χ2v) is 6.63. The van der Waals surface area contributed by atoms with Crippen molar-refractivity contribution in [2.75, 3.05) is 18.4 Å². The molecule has 8 heteroatoms. The number of benzene rings is 2. The van der Waals surface area contributed by atoms with Gasteiger partial charge >= 0.3 is 0 Å². The zero-order valence-corrected chi connectivity index (χ0v) is 14.3. The molecule has 0 unspecified atom stereocenters. The summed E-state index contributed by atoms with van der Waals surface area (Å²) >= 11 is 0. The van der Waals surface area contributed by atoms with E-state index in [0.717, 1.165) is 6.07 Å². The summed E-state index contributed by atoms with van der Waals surface area (Å²) in [5, 5.41) is 2.57. The van der Waals surface area contributed by atoms with Gasteiger partial charge in [0.25, 0.3) is 15.9 Å². The number of rotatable bonds is 7. The highest BCUT2D eigenvalue weighted by Gasteiger charge is 2.20. The van der Waals surface area contributed by atoms with Crippen LogP contribution in [0.4, 0.5) is 10.1 Å². The molecule has 2 N–H and O–H groups in total. The van der Waals surface area contributed by atoms with E-state index in [1.807, 2.05) is 0 Å². The normalized spacial score (nSPS) is 10.8. The quantitative estimate of drug-likeness (QED) is 0.740. The van der Waals surface area contributed by atoms with Gasteiger partial charge in [0, 0.05) is 6.54 Å². The number of sulfonamides is 1. The van der Waals surface area contributed by atoms with Gasteiger partial charge in [-0.05, 0) is 30.3 Å². The zero-order valence-electron chi connectivity index (χ0n) is 13.5. The molecule has 2 aromatic rings. The van der Waals surface area contributed by atoms with Crippen molar-refractivity contribution in [1.29, 1.82) is 0 Å². The molecule has 0 spiro atoms. The Bertz CT molecular complexity index is 897. The number of ether oxygens (including phenoxy) is 1. The van der Waals surface area contributed by atoms with Crippen molar-refractivity contribution >= 4 is 21.6 Å². The van der Waals surface area contributed by atoms with Gasteiger partial charge in [-0.25, -0.2) is 12.8 Å². The molecule has 0 fully saturated rings. The lowest BCUT2D eigenvalue weighted by Crippen LogP contribution is -2.25. The van der Waals surface area contributed by atoms with Crippen LogP contribution < -0.4 is 14.8 Å². The van der Waals surface area contributed by atoms with Crippen molar-refractivity contribution in [2.24, 2.45) is 0 Å². The van der Waals surface area contributed by atoms with Crippen LogP contribution in [0.1, 0.15) is 10.4 Å². The highest BCUT2D eigenvalue weighted by molar-refractivity contribution is 7.92. The Labute approximate surface area is 145 Å². The Morgan fingerprint density at radius 2 is 2.00 bits per heavy atom. The summed E-state index contributed by atoms with van der Waals surface area (Å²) < 4.78 is 45.8. The third-order valence-electron chi connectivity index (χ3n) is 3.26. The molecule has 0 aliphatic heterocycles. The highest BCUT2D eigenvalue weighted by Crippen LogP contribution is 2.24. The van der Waals surface area contributed by atoms with Crippen LogP contribution in [0.2, 0.25) is 0 Å². The lowest BCUT2D eigenvalue weighted by Gasteiger charge is -2.13. The van der Waals surface area contributed by atoms with Crippen LogP contribution in [0.25, 0.3) is 0 Å². The fourth-order valence-electron chi connectivity index (χ4n) is 2.05. The summed E-state index contributed by atoms with van der Waals surface area (Å²) in [6.07, 6.45) is 1.50. The van der Waals surface area contributed by atoms with Crippen LogP contribution in [-0.4, -0.2) is 28.0 Å². The van der Waals surface area contributed by atoms with Crippen molar-refractivity contribution in [3.8, 4) is 5.75 Å². The van der Waals surface area contributed by atoms with Gasteiger partial charge in [-0.1, -0.05) is 18.2 Å². The van der Waals surface area contributed by atoms with Crippen molar-refractivity contribution in [3.63, 3.8) is 0 Å². The largest absolute Gasteiger partial charge is 0.494 e. The van der Waals surface area contributed by atoms with Gasteiger partial charge in [0.05, 0.1) is 23.3 Å². The second-order valence-electron chi connectivity index (χ2n) is 4.95. The molecule has 1 amide bonds. The van der Waals surface area contributed by atoms with Gasteiger partial charge in [-0.15, -0.1) is 6.58 Å². The molecule has 2 aromatic carbocycles. The van der Waals surface area contributed by atoms with Crippen molar-refractivity contribution in [3.05, 3.63) is 66.5 Å². The number of hydrogen-bond acceptors (Lipinski definition) is 4. The molecule has 0 saturated carbocycles. The maximum absolute atomic E-state index is 13.8.